The molecular formula is C11H23N3. The van der Waals surface area contributed by atoms with Crippen LogP contribution in [0.5, 0.6) is 0 Å². The Bertz CT molecular complexity index is 189. The lowest BCUT2D eigenvalue weighted by Crippen LogP contribution is -2.38. The van der Waals surface area contributed by atoms with Gasteiger partial charge in [-0.3, -0.25) is 4.99 Å². The number of likely N-dealkylation sites (tertiary alicyclic amines) is 1. The van der Waals surface area contributed by atoms with Crippen LogP contribution in [0.2, 0.25) is 0 Å². The molecule has 0 aliphatic carbocycles. The third-order valence-corrected chi connectivity index (χ3v) is 3.07. The molecule has 0 aromatic heterocycles. The predicted molar refractivity (Wildman–Crippen MR) is 61.4 cm³/mol. The van der Waals surface area contributed by atoms with Gasteiger partial charge in [-0.1, -0.05) is 13.3 Å². The average Bonchev–Trinajstić information content (AvgIpc) is 2.42. The highest BCUT2D eigenvalue weighted by molar-refractivity contribution is 5.78. The van der Waals surface area contributed by atoms with E-state index in [0.717, 1.165) is 31.5 Å². The Morgan fingerprint density at radius 3 is 2.79 bits per heavy atom. The molecule has 14 heavy (non-hydrogen) atoms. The van der Waals surface area contributed by atoms with E-state index in [0.29, 0.717) is 0 Å². The first-order valence-electron chi connectivity index (χ1n) is 5.82. The molecule has 0 aromatic carbocycles. The van der Waals surface area contributed by atoms with Gasteiger partial charge in [-0.25, -0.2) is 0 Å². The molecule has 2 N–H and O–H groups in total. The van der Waals surface area contributed by atoms with Crippen LogP contribution in [0.15, 0.2) is 4.99 Å². The van der Waals surface area contributed by atoms with Gasteiger partial charge in [0.25, 0.3) is 0 Å². The van der Waals surface area contributed by atoms with Crippen molar-refractivity contribution in [3.63, 3.8) is 0 Å². The largest absolute Gasteiger partial charge is 0.370 e. The monoisotopic (exact) mass is 197 g/mol. The smallest absolute Gasteiger partial charge is 0.191 e. The van der Waals surface area contributed by atoms with Gasteiger partial charge < -0.3 is 10.6 Å². The quantitative estimate of drug-likeness (QED) is 0.542. The molecule has 1 unspecified atom stereocenters. The number of hydrogen-bond acceptors (Lipinski definition) is 1. The average molecular weight is 197 g/mol. The fraction of sp³-hybridized carbons (Fsp3) is 0.909. The number of hydrogen-bond donors (Lipinski definition) is 1. The molecule has 0 bridgehead atoms. The number of nitrogens with zero attached hydrogens (tertiary/aromatic N) is 2. The Kier molecular flexibility index (Phi) is 4.77. The molecule has 1 rings (SSSR count). The zero-order valence-corrected chi connectivity index (χ0v) is 9.50. The van der Waals surface area contributed by atoms with Gasteiger partial charge in [0.2, 0.25) is 0 Å². The van der Waals surface area contributed by atoms with Crippen molar-refractivity contribution in [3.05, 3.63) is 0 Å². The van der Waals surface area contributed by atoms with Crippen molar-refractivity contribution in [3.8, 4) is 0 Å². The Hall–Kier alpha value is -0.730. The van der Waals surface area contributed by atoms with Gasteiger partial charge >= 0.3 is 0 Å². The number of aliphatic imine (C=N–C) groups is 1. The fourth-order valence-electron chi connectivity index (χ4n) is 2.06. The minimum atomic E-state index is 0.740. The van der Waals surface area contributed by atoms with Gasteiger partial charge in [0.05, 0.1) is 0 Å². The lowest BCUT2D eigenvalue weighted by atomic mass is 9.98. The van der Waals surface area contributed by atoms with Crippen molar-refractivity contribution in [2.75, 3.05) is 19.6 Å². The topological polar surface area (TPSA) is 41.6 Å². The number of guanidine groups is 1. The summed E-state index contributed by atoms with van der Waals surface area (Å²) in [4.78, 5) is 6.50. The van der Waals surface area contributed by atoms with Crippen LogP contribution in [0.1, 0.15) is 39.5 Å². The Morgan fingerprint density at radius 2 is 2.14 bits per heavy atom. The van der Waals surface area contributed by atoms with Gasteiger partial charge in [0, 0.05) is 19.6 Å². The number of nitrogens with two attached hydrogens (primary N) is 1. The van der Waals surface area contributed by atoms with Gasteiger partial charge in [0.15, 0.2) is 5.96 Å². The molecule has 1 aliphatic heterocycles. The normalized spacial score (nSPS) is 24.9. The molecule has 1 heterocycles. The van der Waals surface area contributed by atoms with Gasteiger partial charge in [-0.2, -0.15) is 0 Å². The first-order chi connectivity index (χ1) is 6.77. The summed E-state index contributed by atoms with van der Waals surface area (Å²) in [6.07, 6.45) is 5.19. The molecule has 3 nitrogen and oxygen atoms in total. The van der Waals surface area contributed by atoms with E-state index in [1.165, 1.54) is 25.7 Å². The van der Waals surface area contributed by atoms with Crippen molar-refractivity contribution >= 4 is 5.96 Å². The number of rotatable bonds is 2. The second-order valence-corrected chi connectivity index (χ2v) is 4.02. The lowest BCUT2D eigenvalue weighted by Gasteiger charge is -2.21. The molecule has 1 fully saturated rings. The summed E-state index contributed by atoms with van der Waals surface area (Å²) in [5, 5.41) is 0. The summed E-state index contributed by atoms with van der Waals surface area (Å²) in [7, 11) is 0. The first-order valence-corrected chi connectivity index (χ1v) is 5.82. The van der Waals surface area contributed by atoms with E-state index >= 15 is 0 Å². The summed E-state index contributed by atoms with van der Waals surface area (Å²) in [5.41, 5.74) is 5.89. The van der Waals surface area contributed by atoms with E-state index in [-0.39, 0.29) is 0 Å². The summed E-state index contributed by atoms with van der Waals surface area (Å²) < 4.78 is 0. The summed E-state index contributed by atoms with van der Waals surface area (Å²) >= 11 is 0. The molecule has 1 saturated heterocycles. The highest BCUT2D eigenvalue weighted by atomic mass is 15.2. The minimum absolute atomic E-state index is 0.740. The third-order valence-electron chi connectivity index (χ3n) is 3.07. The van der Waals surface area contributed by atoms with Crippen molar-refractivity contribution in [1.29, 1.82) is 0 Å². The summed E-state index contributed by atoms with van der Waals surface area (Å²) in [6.45, 7) is 7.28. The third kappa shape index (κ3) is 3.20. The van der Waals surface area contributed by atoms with Crippen LogP contribution in [-0.4, -0.2) is 30.5 Å². The standard InChI is InChI=1S/C11H23N3/c1-3-10-6-5-8-14(9-7-10)11(12)13-4-2/h10H,3-9H2,1-2H3,(H2,12,13). The Balaban J connectivity index is 2.45. The predicted octanol–water partition coefficient (Wildman–Crippen LogP) is 1.83. The maximum absolute atomic E-state index is 5.89. The molecule has 0 spiro atoms. The second-order valence-electron chi connectivity index (χ2n) is 4.02. The fourth-order valence-corrected chi connectivity index (χ4v) is 2.06. The maximum Gasteiger partial charge on any atom is 0.191 e. The minimum Gasteiger partial charge on any atom is -0.370 e. The van der Waals surface area contributed by atoms with Crippen LogP contribution in [0.3, 0.4) is 0 Å². The Labute approximate surface area is 87.4 Å². The van der Waals surface area contributed by atoms with Crippen molar-refractivity contribution in [2.24, 2.45) is 16.6 Å². The zero-order chi connectivity index (χ0) is 10.4. The molecule has 82 valence electrons. The van der Waals surface area contributed by atoms with Crippen LogP contribution in [0, 0.1) is 5.92 Å². The molecular weight excluding hydrogens is 174 g/mol. The van der Waals surface area contributed by atoms with Gasteiger partial charge in [-0.15, -0.1) is 0 Å². The van der Waals surface area contributed by atoms with Crippen molar-refractivity contribution in [2.45, 2.75) is 39.5 Å². The van der Waals surface area contributed by atoms with E-state index in [1.54, 1.807) is 0 Å². The maximum atomic E-state index is 5.89. The SMILES string of the molecule is CCN=C(N)N1CCCC(CC)CC1. The van der Waals surface area contributed by atoms with E-state index in [1.807, 2.05) is 6.92 Å². The second kappa shape index (κ2) is 5.89. The van der Waals surface area contributed by atoms with Crippen molar-refractivity contribution in [1.82, 2.24) is 4.90 Å². The molecule has 1 aliphatic rings. The van der Waals surface area contributed by atoms with Gasteiger partial charge in [-0.05, 0) is 32.1 Å². The van der Waals surface area contributed by atoms with Gasteiger partial charge in [0.1, 0.15) is 0 Å². The molecule has 0 amide bonds. The Morgan fingerprint density at radius 1 is 1.36 bits per heavy atom. The molecule has 0 saturated carbocycles. The zero-order valence-electron chi connectivity index (χ0n) is 9.50. The van der Waals surface area contributed by atoms with Crippen molar-refractivity contribution < 1.29 is 0 Å². The van der Waals surface area contributed by atoms with E-state index in [2.05, 4.69) is 16.8 Å². The molecule has 3 heteroatoms. The summed E-state index contributed by atoms with van der Waals surface area (Å²) in [5.74, 6) is 1.64. The summed E-state index contributed by atoms with van der Waals surface area (Å²) in [6, 6.07) is 0. The molecule has 1 atom stereocenters. The highest BCUT2D eigenvalue weighted by Crippen LogP contribution is 2.19. The molecule has 0 radical (unpaired) electrons. The van der Waals surface area contributed by atoms with E-state index in [9.17, 15) is 0 Å². The van der Waals surface area contributed by atoms with Crippen LogP contribution in [0.4, 0.5) is 0 Å². The molecule has 0 aromatic rings. The van der Waals surface area contributed by atoms with Crippen LogP contribution >= 0.6 is 0 Å². The first kappa shape index (κ1) is 11.3. The van der Waals surface area contributed by atoms with E-state index in [4.69, 9.17) is 5.73 Å². The van der Waals surface area contributed by atoms with Crippen LogP contribution in [0.25, 0.3) is 0 Å². The van der Waals surface area contributed by atoms with Crippen LogP contribution < -0.4 is 5.73 Å². The highest BCUT2D eigenvalue weighted by Gasteiger charge is 2.16. The van der Waals surface area contributed by atoms with Crippen LogP contribution in [-0.2, 0) is 0 Å². The van der Waals surface area contributed by atoms with E-state index < -0.39 is 0 Å². The lowest BCUT2D eigenvalue weighted by molar-refractivity contribution is 0.408.